The van der Waals surface area contributed by atoms with E-state index in [2.05, 4.69) is 10.5 Å². The summed E-state index contributed by atoms with van der Waals surface area (Å²) in [5, 5.41) is 14.8. The quantitative estimate of drug-likeness (QED) is 0.412. The Kier molecular flexibility index (Phi) is 4.75. The SMILES string of the molecule is Cn1cc(C(=O)/C(C#N)=N/Nc2ccc(Cl)c(Cl)c2)c2ccccc21. The van der Waals surface area contributed by atoms with Crippen LogP contribution >= 0.6 is 23.2 Å². The molecule has 0 bridgehead atoms. The summed E-state index contributed by atoms with van der Waals surface area (Å²) in [6.07, 6.45) is 1.69. The lowest BCUT2D eigenvalue weighted by atomic mass is 10.1. The molecule has 0 aliphatic heterocycles. The Hall–Kier alpha value is -2.81. The number of nitriles is 1. The van der Waals surface area contributed by atoms with E-state index in [1.165, 1.54) is 0 Å². The van der Waals surface area contributed by atoms with Crippen LogP contribution in [-0.2, 0) is 7.05 Å². The summed E-state index contributed by atoms with van der Waals surface area (Å²) in [6.45, 7) is 0. The molecule has 1 N–H and O–H groups in total. The standard InChI is InChI=1S/C18H12Cl2N4O/c1-24-10-13(12-4-2-3-5-17(12)24)18(25)16(9-21)23-22-11-6-7-14(19)15(20)8-11/h2-8,10,22H,1H3/b23-16+. The first-order chi connectivity index (χ1) is 12.0. The molecule has 0 saturated carbocycles. The van der Waals surface area contributed by atoms with Crippen LogP contribution in [0, 0.1) is 11.3 Å². The second kappa shape index (κ2) is 6.98. The molecule has 1 aromatic heterocycles. The number of aryl methyl sites for hydroxylation is 1. The molecule has 2 aromatic carbocycles. The van der Waals surface area contributed by atoms with Gasteiger partial charge in [0, 0.05) is 24.1 Å². The minimum atomic E-state index is -0.452. The predicted molar refractivity (Wildman–Crippen MR) is 100 cm³/mol. The number of hydrogen-bond donors (Lipinski definition) is 1. The van der Waals surface area contributed by atoms with Crippen molar-refractivity contribution in [1.29, 1.82) is 5.26 Å². The van der Waals surface area contributed by atoms with Gasteiger partial charge in [-0.05, 0) is 24.3 Å². The van der Waals surface area contributed by atoms with Crippen LogP contribution in [0.4, 0.5) is 5.69 Å². The summed E-state index contributed by atoms with van der Waals surface area (Å²) >= 11 is 11.8. The van der Waals surface area contributed by atoms with Crippen LogP contribution in [0.2, 0.25) is 10.0 Å². The zero-order valence-electron chi connectivity index (χ0n) is 13.1. The molecule has 5 nitrogen and oxygen atoms in total. The van der Waals surface area contributed by atoms with Crippen molar-refractivity contribution in [3.8, 4) is 6.07 Å². The molecular weight excluding hydrogens is 359 g/mol. The van der Waals surface area contributed by atoms with E-state index in [1.807, 2.05) is 41.9 Å². The molecule has 0 fully saturated rings. The van der Waals surface area contributed by atoms with Gasteiger partial charge in [0.05, 0.1) is 21.3 Å². The normalized spacial score (nSPS) is 11.4. The highest BCUT2D eigenvalue weighted by Gasteiger charge is 2.19. The van der Waals surface area contributed by atoms with Crippen molar-refractivity contribution in [3.05, 3.63) is 64.3 Å². The zero-order valence-corrected chi connectivity index (χ0v) is 14.6. The van der Waals surface area contributed by atoms with E-state index in [4.69, 9.17) is 23.2 Å². The molecule has 1 heterocycles. The molecular formula is C18H12Cl2N4O. The van der Waals surface area contributed by atoms with Gasteiger partial charge in [-0.1, -0.05) is 41.4 Å². The van der Waals surface area contributed by atoms with Crippen LogP contribution in [0.5, 0.6) is 0 Å². The highest BCUT2D eigenvalue weighted by Crippen LogP contribution is 2.25. The highest BCUT2D eigenvalue weighted by molar-refractivity contribution is 6.53. The first-order valence-electron chi connectivity index (χ1n) is 7.29. The molecule has 0 aliphatic rings. The van der Waals surface area contributed by atoms with Crippen molar-refractivity contribution in [1.82, 2.24) is 4.57 Å². The average Bonchev–Trinajstić information content (AvgIpc) is 2.95. The van der Waals surface area contributed by atoms with E-state index in [1.54, 1.807) is 24.4 Å². The van der Waals surface area contributed by atoms with Gasteiger partial charge < -0.3 is 4.57 Å². The Labute approximate surface area is 154 Å². The third-order valence-corrected chi connectivity index (χ3v) is 4.42. The lowest BCUT2D eigenvalue weighted by Gasteiger charge is -2.03. The molecule has 0 radical (unpaired) electrons. The number of ketones is 1. The van der Waals surface area contributed by atoms with Crippen LogP contribution < -0.4 is 5.43 Å². The maximum absolute atomic E-state index is 12.7. The van der Waals surface area contributed by atoms with Crippen LogP contribution in [0.25, 0.3) is 10.9 Å². The number of hydrogen-bond acceptors (Lipinski definition) is 4. The molecule has 0 aliphatic carbocycles. The second-order valence-electron chi connectivity index (χ2n) is 5.31. The van der Waals surface area contributed by atoms with E-state index in [-0.39, 0.29) is 5.71 Å². The van der Waals surface area contributed by atoms with Gasteiger partial charge in [-0.3, -0.25) is 10.2 Å². The number of anilines is 1. The first kappa shape index (κ1) is 17.0. The number of aromatic nitrogens is 1. The molecule has 0 unspecified atom stereocenters. The number of Topliss-reactive ketones (excluding diaryl/α,β-unsaturated/α-hetero) is 1. The third-order valence-electron chi connectivity index (χ3n) is 3.68. The van der Waals surface area contributed by atoms with Gasteiger partial charge in [-0.15, -0.1) is 0 Å². The van der Waals surface area contributed by atoms with Gasteiger partial charge in [0.15, 0.2) is 0 Å². The van der Waals surface area contributed by atoms with E-state index >= 15 is 0 Å². The molecule has 0 atom stereocenters. The van der Waals surface area contributed by atoms with Crippen molar-refractivity contribution in [2.75, 3.05) is 5.43 Å². The number of carbonyl (C=O) groups excluding carboxylic acids is 1. The molecule has 3 aromatic rings. The number of carbonyl (C=O) groups is 1. The molecule has 7 heteroatoms. The van der Waals surface area contributed by atoms with Crippen LogP contribution in [0.1, 0.15) is 10.4 Å². The van der Waals surface area contributed by atoms with Crippen molar-refractivity contribution < 1.29 is 4.79 Å². The number of para-hydroxylation sites is 1. The molecule has 3 rings (SSSR count). The van der Waals surface area contributed by atoms with E-state index < -0.39 is 5.78 Å². The smallest absolute Gasteiger partial charge is 0.226 e. The van der Waals surface area contributed by atoms with Crippen molar-refractivity contribution in [2.45, 2.75) is 0 Å². The second-order valence-corrected chi connectivity index (χ2v) is 6.13. The fourth-order valence-corrected chi connectivity index (χ4v) is 2.76. The topological polar surface area (TPSA) is 70.2 Å². The predicted octanol–water partition coefficient (Wildman–Crippen LogP) is 4.66. The van der Waals surface area contributed by atoms with Gasteiger partial charge >= 0.3 is 0 Å². The van der Waals surface area contributed by atoms with Crippen LogP contribution in [0.3, 0.4) is 0 Å². The van der Waals surface area contributed by atoms with E-state index in [9.17, 15) is 10.1 Å². The van der Waals surface area contributed by atoms with Gasteiger partial charge in [0.1, 0.15) is 6.07 Å². The third kappa shape index (κ3) is 3.36. The summed E-state index contributed by atoms with van der Waals surface area (Å²) in [5.74, 6) is -0.452. The summed E-state index contributed by atoms with van der Waals surface area (Å²) in [4.78, 5) is 12.7. The Morgan fingerprint density at radius 1 is 1.20 bits per heavy atom. The first-order valence-corrected chi connectivity index (χ1v) is 8.04. The lowest BCUT2D eigenvalue weighted by molar-refractivity contribution is 0.106. The number of halogens is 2. The van der Waals surface area contributed by atoms with Gasteiger partial charge in [0.2, 0.25) is 11.5 Å². The van der Waals surface area contributed by atoms with Gasteiger partial charge in [-0.25, -0.2) is 0 Å². The Bertz CT molecular complexity index is 1050. The Morgan fingerprint density at radius 2 is 1.96 bits per heavy atom. The Morgan fingerprint density at radius 3 is 2.68 bits per heavy atom. The number of rotatable bonds is 4. The van der Waals surface area contributed by atoms with Crippen molar-refractivity contribution in [3.63, 3.8) is 0 Å². The maximum Gasteiger partial charge on any atom is 0.226 e. The molecule has 0 spiro atoms. The van der Waals surface area contributed by atoms with Crippen LogP contribution in [0.15, 0.2) is 53.8 Å². The van der Waals surface area contributed by atoms with Crippen molar-refractivity contribution >= 4 is 51.3 Å². The van der Waals surface area contributed by atoms with E-state index in [0.717, 1.165) is 10.9 Å². The fourth-order valence-electron chi connectivity index (χ4n) is 2.46. The summed E-state index contributed by atoms with van der Waals surface area (Å²) < 4.78 is 1.84. The van der Waals surface area contributed by atoms with Crippen LogP contribution in [-0.4, -0.2) is 16.1 Å². The monoisotopic (exact) mass is 370 g/mol. The van der Waals surface area contributed by atoms with Gasteiger partial charge in [-0.2, -0.15) is 10.4 Å². The van der Waals surface area contributed by atoms with E-state index in [0.29, 0.717) is 21.3 Å². The number of nitrogens with zero attached hydrogens (tertiary/aromatic N) is 3. The Balaban J connectivity index is 1.93. The lowest BCUT2D eigenvalue weighted by Crippen LogP contribution is -2.14. The average molecular weight is 371 g/mol. The largest absolute Gasteiger partial charge is 0.350 e. The molecule has 25 heavy (non-hydrogen) atoms. The molecule has 0 amide bonds. The molecule has 0 saturated heterocycles. The minimum Gasteiger partial charge on any atom is -0.350 e. The summed E-state index contributed by atoms with van der Waals surface area (Å²) in [6, 6.07) is 14.1. The molecule has 124 valence electrons. The number of hydrazone groups is 1. The number of nitrogens with one attached hydrogen (secondary N) is 1. The maximum atomic E-state index is 12.7. The van der Waals surface area contributed by atoms with Gasteiger partial charge in [0.25, 0.3) is 0 Å². The summed E-state index contributed by atoms with van der Waals surface area (Å²) in [5.41, 5.74) is 4.27. The number of benzene rings is 2. The highest BCUT2D eigenvalue weighted by atomic mass is 35.5. The minimum absolute atomic E-state index is 0.248. The van der Waals surface area contributed by atoms with Crippen molar-refractivity contribution in [2.24, 2.45) is 12.1 Å². The zero-order chi connectivity index (χ0) is 18.0. The fraction of sp³-hybridized carbons (Fsp3) is 0.0556. The number of fused-ring (bicyclic) bond motifs is 1. The summed E-state index contributed by atoms with van der Waals surface area (Å²) in [7, 11) is 1.84.